The molecule has 1 amide bonds. The molecule has 0 atom stereocenters. The Bertz CT molecular complexity index is 213. The van der Waals surface area contributed by atoms with E-state index in [-0.39, 0.29) is 23.9 Å². The van der Waals surface area contributed by atoms with Crippen LogP contribution in [0.3, 0.4) is 0 Å². The highest BCUT2D eigenvalue weighted by Gasteiger charge is 2.13. The van der Waals surface area contributed by atoms with Gasteiger partial charge >= 0.3 is 0 Å². The van der Waals surface area contributed by atoms with Gasteiger partial charge in [-0.25, -0.2) is 0 Å². The third-order valence-corrected chi connectivity index (χ3v) is 1.97. The smallest absolute Gasteiger partial charge is 0.230 e. The normalized spacial score (nSPS) is 11.9. The van der Waals surface area contributed by atoms with Crippen LogP contribution in [0, 0.1) is 0 Å². The molecule has 0 rings (SSSR count). The van der Waals surface area contributed by atoms with Gasteiger partial charge in [-0.15, -0.1) is 0 Å². The van der Waals surface area contributed by atoms with E-state index in [4.69, 9.17) is 5.73 Å². The maximum Gasteiger partial charge on any atom is 0.230 e. The second-order valence-electron chi connectivity index (χ2n) is 3.65. The summed E-state index contributed by atoms with van der Waals surface area (Å²) in [5, 5.41) is 3.26. The van der Waals surface area contributed by atoms with Gasteiger partial charge in [0.2, 0.25) is 5.91 Å². The monoisotopic (exact) mass is 238 g/mol. The minimum absolute atomic E-state index is 0. The molecule has 0 aromatic heterocycles. The van der Waals surface area contributed by atoms with E-state index >= 15 is 0 Å². The number of hydrogen-bond donors (Lipinski definition) is 2. The Morgan fingerprint density at radius 3 is 2.36 bits per heavy atom. The molecule has 0 saturated heterocycles. The lowest BCUT2D eigenvalue weighted by atomic mass is 10.1. The van der Waals surface area contributed by atoms with Crippen LogP contribution in [-0.4, -0.2) is 29.4 Å². The van der Waals surface area contributed by atoms with Crippen LogP contribution in [0.4, 0.5) is 0 Å². The Balaban J connectivity index is 0. The molecule has 0 aliphatic heterocycles. The summed E-state index contributed by atoms with van der Waals surface area (Å²) < 4.78 is 0. The summed E-state index contributed by atoms with van der Waals surface area (Å²) in [5.41, 5.74) is 5.23. The quantitative estimate of drug-likeness (QED) is 0.416. The van der Waals surface area contributed by atoms with Gasteiger partial charge in [-0.2, -0.15) is 0 Å². The van der Waals surface area contributed by atoms with E-state index in [1.165, 1.54) is 11.8 Å². The Morgan fingerprint density at radius 2 is 2.00 bits per heavy atom. The van der Waals surface area contributed by atoms with Crippen LogP contribution >= 0.6 is 11.8 Å². The third-order valence-electron chi connectivity index (χ3n) is 1.09. The van der Waals surface area contributed by atoms with Crippen molar-refractivity contribution < 1.29 is 17.2 Å². The third kappa shape index (κ3) is 9.67. The van der Waals surface area contributed by atoms with Crippen LogP contribution in [0.1, 0.15) is 20.8 Å². The average molecular weight is 239 g/mol. The zero-order valence-corrected chi connectivity index (χ0v) is 10.5. The number of nitrogens with two attached hydrogens (primary N) is 1. The summed E-state index contributed by atoms with van der Waals surface area (Å²) in [5.74, 6) is 0.296. The van der Waals surface area contributed by atoms with Gasteiger partial charge < -0.3 is 23.5 Å². The number of thioether (sulfide) groups is 1. The molecule has 6 heteroatoms. The number of carbonyl (C=O) groups excluding carboxylic acids is 1. The fraction of sp³-hybridized carbons (Fsp3) is 0.750. The van der Waals surface area contributed by atoms with Crippen LogP contribution in [0.25, 0.3) is 0 Å². The Labute approximate surface area is 95.5 Å². The van der Waals surface area contributed by atoms with Crippen molar-refractivity contribution in [1.29, 1.82) is 0 Å². The number of rotatable bonds is 2. The summed E-state index contributed by atoms with van der Waals surface area (Å²) in [6.07, 6.45) is 0. The van der Waals surface area contributed by atoms with Gasteiger partial charge in [0, 0.05) is 12.6 Å². The Kier molecular flexibility index (Phi) is 7.96. The number of nitrogens with one attached hydrogen (secondary N) is 1. The van der Waals surface area contributed by atoms with Crippen molar-refractivity contribution in [2.45, 2.75) is 26.3 Å². The van der Waals surface area contributed by atoms with Crippen LogP contribution in [0.15, 0.2) is 4.99 Å². The number of nitrogens with zero attached hydrogens (tertiary/aromatic N) is 1. The van der Waals surface area contributed by atoms with Gasteiger partial charge in [0.25, 0.3) is 0 Å². The average Bonchev–Trinajstić information content (AvgIpc) is 1.97. The second-order valence-corrected chi connectivity index (χ2v) is 4.64. The minimum Gasteiger partial charge on any atom is -1.00 e. The SMILES string of the molecule is CN=C(N)SCC(=O)NC(C)(C)C.[Cl-]. The molecule has 0 radical (unpaired) electrons. The summed E-state index contributed by atoms with van der Waals surface area (Å²) >= 11 is 1.24. The van der Waals surface area contributed by atoms with E-state index < -0.39 is 0 Å². The molecule has 0 aliphatic carbocycles. The van der Waals surface area contributed by atoms with Crippen LogP contribution in [-0.2, 0) is 4.79 Å². The molecule has 0 aromatic carbocycles. The van der Waals surface area contributed by atoms with Crippen molar-refractivity contribution in [2.24, 2.45) is 10.7 Å². The van der Waals surface area contributed by atoms with Crippen molar-refractivity contribution in [3.63, 3.8) is 0 Å². The molecule has 3 N–H and O–H groups in total. The van der Waals surface area contributed by atoms with Crippen LogP contribution in [0.2, 0.25) is 0 Å². The molecule has 0 spiro atoms. The maximum absolute atomic E-state index is 11.2. The fourth-order valence-corrected chi connectivity index (χ4v) is 1.14. The van der Waals surface area contributed by atoms with Crippen molar-refractivity contribution >= 4 is 22.8 Å². The number of aliphatic imine (C=N–C) groups is 1. The number of halogens is 1. The lowest BCUT2D eigenvalue weighted by Gasteiger charge is -2.20. The van der Waals surface area contributed by atoms with Gasteiger partial charge in [-0.05, 0) is 20.8 Å². The van der Waals surface area contributed by atoms with E-state index in [0.29, 0.717) is 10.9 Å². The first-order valence-corrected chi connectivity index (χ1v) is 5.00. The fourth-order valence-electron chi connectivity index (χ4n) is 0.658. The number of amidine groups is 1. The molecular weight excluding hydrogens is 222 g/mol. The molecular formula is C8H17ClN3OS-. The highest BCUT2D eigenvalue weighted by atomic mass is 35.5. The summed E-state index contributed by atoms with van der Waals surface area (Å²) in [4.78, 5) is 15.0. The van der Waals surface area contributed by atoms with Crippen molar-refractivity contribution in [3.05, 3.63) is 0 Å². The molecule has 4 nitrogen and oxygen atoms in total. The highest BCUT2D eigenvalue weighted by molar-refractivity contribution is 8.14. The standard InChI is InChI=1S/C8H17N3OS.ClH/c1-8(2,3)11-6(12)5-13-7(9)10-4;/h5H2,1-4H3,(H2,9,10)(H,11,12);1H/p-1. The summed E-state index contributed by atoms with van der Waals surface area (Å²) in [6, 6.07) is 0. The molecule has 0 heterocycles. The predicted molar refractivity (Wildman–Crippen MR) is 57.9 cm³/mol. The van der Waals surface area contributed by atoms with E-state index in [2.05, 4.69) is 10.3 Å². The minimum atomic E-state index is -0.185. The predicted octanol–water partition coefficient (Wildman–Crippen LogP) is -2.42. The van der Waals surface area contributed by atoms with E-state index in [1.807, 2.05) is 20.8 Å². The van der Waals surface area contributed by atoms with Gasteiger partial charge in [-0.3, -0.25) is 9.79 Å². The first-order chi connectivity index (χ1) is 5.85. The first-order valence-electron chi connectivity index (χ1n) is 4.01. The van der Waals surface area contributed by atoms with E-state index in [9.17, 15) is 4.79 Å². The van der Waals surface area contributed by atoms with Gasteiger partial charge in [0.15, 0.2) is 5.17 Å². The molecule has 0 bridgehead atoms. The zero-order chi connectivity index (χ0) is 10.5. The number of amides is 1. The lowest BCUT2D eigenvalue weighted by Crippen LogP contribution is -3.00. The highest BCUT2D eigenvalue weighted by Crippen LogP contribution is 2.02. The van der Waals surface area contributed by atoms with E-state index in [1.54, 1.807) is 7.05 Å². The van der Waals surface area contributed by atoms with Gasteiger partial charge in [0.1, 0.15) is 0 Å². The number of carbonyl (C=O) groups is 1. The topological polar surface area (TPSA) is 67.5 Å². The molecule has 14 heavy (non-hydrogen) atoms. The number of hydrogen-bond acceptors (Lipinski definition) is 3. The van der Waals surface area contributed by atoms with Gasteiger partial charge in [-0.1, -0.05) is 11.8 Å². The Hall–Kier alpha value is -0.420. The molecule has 0 aliphatic rings. The first kappa shape index (κ1) is 16.0. The van der Waals surface area contributed by atoms with Crippen molar-refractivity contribution in [2.75, 3.05) is 12.8 Å². The zero-order valence-electron chi connectivity index (χ0n) is 8.93. The van der Waals surface area contributed by atoms with Crippen LogP contribution < -0.4 is 23.5 Å². The molecule has 84 valence electrons. The molecule has 0 unspecified atom stereocenters. The summed E-state index contributed by atoms with van der Waals surface area (Å²) in [6.45, 7) is 5.81. The summed E-state index contributed by atoms with van der Waals surface area (Å²) in [7, 11) is 1.60. The van der Waals surface area contributed by atoms with E-state index in [0.717, 1.165) is 0 Å². The molecule has 0 fully saturated rings. The molecule has 0 saturated carbocycles. The van der Waals surface area contributed by atoms with Crippen molar-refractivity contribution in [1.82, 2.24) is 5.32 Å². The Morgan fingerprint density at radius 1 is 1.50 bits per heavy atom. The maximum atomic E-state index is 11.2. The molecule has 0 aromatic rings. The largest absolute Gasteiger partial charge is 1.00 e. The van der Waals surface area contributed by atoms with Gasteiger partial charge in [0.05, 0.1) is 5.75 Å². The van der Waals surface area contributed by atoms with Crippen molar-refractivity contribution in [3.8, 4) is 0 Å². The lowest BCUT2D eigenvalue weighted by molar-refractivity contribution is -0.119. The second kappa shape index (κ2) is 6.95. The van der Waals surface area contributed by atoms with Crippen LogP contribution in [0.5, 0.6) is 0 Å².